The fourth-order valence-electron chi connectivity index (χ4n) is 2.54. The molecule has 5 heteroatoms. The summed E-state index contributed by atoms with van der Waals surface area (Å²) >= 11 is 3.45. The number of morpholine rings is 1. The van der Waals surface area contributed by atoms with Gasteiger partial charge in [-0.1, -0.05) is 28.1 Å². The Kier molecular flexibility index (Phi) is 5.57. The molecule has 1 saturated heterocycles. The molecule has 0 spiro atoms. The molecule has 20 heavy (non-hydrogen) atoms. The summed E-state index contributed by atoms with van der Waals surface area (Å²) in [5, 5.41) is 2.67. The van der Waals surface area contributed by atoms with Crippen molar-refractivity contribution in [3.8, 4) is 0 Å². The number of ether oxygens (including phenoxy) is 1. The lowest BCUT2D eigenvalue weighted by Gasteiger charge is -2.39. The van der Waals surface area contributed by atoms with Crippen LogP contribution in [-0.4, -0.2) is 43.6 Å². The van der Waals surface area contributed by atoms with Crippen LogP contribution in [-0.2, 0) is 9.53 Å². The molecule has 1 aromatic rings. The highest BCUT2D eigenvalue weighted by Gasteiger charge is 2.29. The van der Waals surface area contributed by atoms with E-state index in [4.69, 9.17) is 4.74 Å². The first-order valence-corrected chi connectivity index (χ1v) is 7.73. The Labute approximate surface area is 128 Å². The van der Waals surface area contributed by atoms with Crippen LogP contribution in [0.4, 0.5) is 0 Å². The average molecular weight is 341 g/mol. The second kappa shape index (κ2) is 7.20. The molecule has 1 aromatic carbocycles. The minimum atomic E-state index is 0.0709. The summed E-state index contributed by atoms with van der Waals surface area (Å²) in [5.74, 6) is 0.0869. The number of rotatable bonds is 4. The summed E-state index contributed by atoms with van der Waals surface area (Å²) in [6, 6.07) is 8.53. The van der Waals surface area contributed by atoms with Gasteiger partial charge in [0.2, 0.25) is 5.91 Å². The fraction of sp³-hybridized carbons (Fsp3) is 0.533. The lowest BCUT2D eigenvalue weighted by molar-refractivity contribution is -0.122. The fourth-order valence-corrected chi connectivity index (χ4v) is 2.81. The Morgan fingerprint density at radius 3 is 2.80 bits per heavy atom. The maximum Gasteiger partial charge on any atom is 0.221 e. The number of carbonyl (C=O) groups excluding carboxylic acids is 1. The van der Waals surface area contributed by atoms with E-state index < -0.39 is 0 Å². The van der Waals surface area contributed by atoms with Gasteiger partial charge in [-0.15, -0.1) is 0 Å². The van der Waals surface area contributed by atoms with Crippen LogP contribution in [0.25, 0.3) is 0 Å². The molecular weight excluding hydrogens is 320 g/mol. The molecule has 0 aromatic heterocycles. The lowest BCUT2D eigenvalue weighted by Crippen LogP contribution is -2.46. The van der Waals surface area contributed by atoms with Crippen molar-refractivity contribution in [2.45, 2.75) is 25.5 Å². The molecule has 1 amide bonds. The van der Waals surface area contributed by atoms with Crippen molar-refractivity contribution in [1.29, 1.82) is 0 Å². The van der Waals surface area contributed by atoms with Crippen LogP contribution in [0, 0.1) is 0 Å². The van der Waals surface area contributed by atoms with E-state index >= 15 is 0 Å². The highest BCUT2D eigenvalue weighted by atomic mass is 79.9. The summed E-state index contributed by atoms with van der Waals surface area (Å²) in [6.45, 7) is 4.52. The van der Waals surface area contributed by atoms with Gasteiger partial charge in [-0.05, 0) is 24.6 Å². The number of benzene rings is 1. The van der Waals surface area contributed by atoms with Gasteiger partial charge in [-0.2, -0.15) is 0 Å². The van der Waals surface area contributed by atoms with E-state index in [1.165, 1.54) is 5.56 Å². The number of carbonyl (C=O) groups is 1. The molecule has 0 saturated carbocycles. The molecule has 0 radical (unpaired) electrons. The predicted octanol–water partition coefficient (Wildman–Crippen LogP) is 2.35. The van der Waals surface area contributed by atoms with Gasteiger partial charge in [0, 0.05) is 37.1 Å². The van der Waals surface area contributed by atoms with Crippen molar-refractivity contribution >= 4 is 21.8 Å². The number of amides is 1. The van der Waals surface area contributed by atoms with Crippen LogP contribution < -0.4 is 5.32 Å². The van der Waals surface area contributed by atoms with E-state index in [0.717, 1.165) is 17.6 Å². The normalized spacial score (nSPS) is 23.6. The van der Waals surface area contributed by atoms with Crippen molar-refractivity contribution in [2.24, 2.45) is 0 Å². The second-order valence-corrected chi connectivity index (χ2v) is 5.96. The summed E-state index contributed by atoms with van der Waals surface area (Å²) in [5.41, 5.74) is 1.19. The first-order valence-electron chi connectivity index (χ1n) is 6.93. The molecule has 2 rings (SSSR count). The average Bonchev–Trinajstić information content (AvgIpc) is 2.47. The molecule has 0 unspecified atom stereocenters. The van der Waals surface area contributed by atoms with Gasteiger partial charge in [0.05, 0.1) is 12.7 Å². The van der Waals surface area contributed by atoms with Crippen molar-refractivity contribution in [1.82, 2.24) is 10.2 Å². The Morgan fingerprint density at radius 2 is 2.15 bits per heavy atom. The van der Waals surface area contributed by atoms with Gasteiger partial charge < -0.3 is 10.1 Å². The van der Waals surface area contributed by atoms with Gasteiger partial charge in [-0.3, -0.25) is 9.69 Å². The van der Waals surface area contributed by atoms with Crippen LogP contribution in [0.15, 0.2) is 28.7 Å². The number of hydrogen-bond donors (Lipinski definition) is 1. The molecule has 1 heterocycles. The monoisotopic (exact) mass is 340 g/mol. The molecule has 1 fully saturated rings. The number of nitrogens with one attached hydrogen (secondary N) is 1. The highest BCUT2D eigenvalue weighted by Crippen LogP contribution is 2.29. The topological polar surface area (TPSA) is 41.6 Å². The van der Waals surface area contributed by atoms with Crippen LogP contribution in [0.1, 0.15) is 25.0 Å². The van der Waals surface area contributed by atoms with Crippen LogP contribution in [0.5, 0.6) is 0 Å². The third kappa shape index (κ3) is 3.81. The standard InChI is InChI=1S/C15H21BrN2O2/c1-11-15(12-3-5-13(16)6-4-12)20-10-9-18(11)8-7-14(19)17-2/h3-6,11,15H,7-10H2,1-2H3,(H,17,19)/t11-,15+/m0/s1. The molecule has 1 N–H and O–H groups in total. The third-order valence-corrected chi connectivity index (χ3v) is 4.32. The molecule has 0 aliphatic carbocycles. The highest BCUT2D eigenvalue weighted by molar-refractivity contribution is 9.10. The van der Waals surface area contributed by atoms with Gasteiger partial charge >= 0.3 is 0 Å². The first kappa shape index (κ1) is 15.5. The zero-order chi connectivity index (χ0) is 14.5. The largest absolute Gasteiger partial charge is 0.371 e. The summed E-state index contributed by atoms with van der Waals surface area (Å²) in [7, 11) is 1.68. The summed E-state index contributed by atoms with van der Waals surface area (Å²) in [4.78, 5) is 13.7. The van der Waals surface area contributed by atoms with E-state index in [1.807, 2.05) is 12.1 Å². The Hall–Kier alpha value is -0.910. The van der Waals surface area contributed by atoms with Crippen molar-refractivity contribution in [2.75, 3.05) is 26.7 Å². The molecular formula is C15H21BrN2O2. The van der Waals surface area contributed by atoms with E-state index in [0.29, 0.717) is 13.0 Å². The van der Waals surface area contributed by atoms with E-state index in [2.05, 4.69) is 45.2 Å². The molecule has 1 aliphatic rings. The van der Waals surface area contributed by atoms with Crippen LogP contribution >= 0.6 is 15.9 Å². The number of hydrogen-bond acceptors (Lipinski definition) is 3. The number of nitrogens with zero attached hydrogens (tertiary/aromatic N) is 1. The van der Waals surface area contributed by atoms with E-state index in [1.54, 1.807) is 7.05 Å². The first-order chi connectivity index (χ1) is 9.61. The Balaban J connectivity index is 2.00. The summed E-state index contributed by atoms with van der Waals surface area (Å²) < 4.78 is 6.99. The zero-order valence-corrected chi connectivity index (χ0v) is 13.5. The number of halogens is 1. The van der Waals surface area contributed by atoms with Gasteiger partial charge in [0.1, 0.15) is 0 Å². The SMILES string of the molecule is CNC(=O)CCN1CCO[C@@H](c2ccc(Br)cc2)[C@@H]1C. The zero-order valence-electron chi connectivity index (χ0n) is 11.9. The smallest absolute Gasteiger partial charge is 0.221 e. The Bertz CT molecular complexity index is 450. The molecule has 1 aliphatic heterocycles. The van der Waals surface area contributed by atoms with E-state index in [9.17, 15) is 4.79 Å². The third-order valence-electron chi connectivity index (χ3n) is 3.79. The second-order valence-electron chi connectivity index (χ2n) is 5.04. The molecule has 110 valence electrons. The van der Waals surface area contributed by atoms with Crippen molar-refractivity contribution < 1.29 is 9.53 Å². The maximum absolute atomic E-state index is 11.4. The van der Waals surface area contributed by atoms with Gasteiger partial charge in [0.25, 0.3) is 0 Å². The summed E-state index contributed by atoms with van der Waals surface area (Å²) in [6.07, 6.45) is 0.606. The molecule has 0 bridgehead atoms. The van der Waals surface area contributed by atoms with Crippen LogP contribution in [0.3, 0.4) is 0 Å². The minimum Gasteiger partial charge on any atom is -0.371 e. The Morgan fingerprint density at radius 1 is 1.45 bits per heavy atom. The van der Waals surface area contributed by atoms with Gasteiger partial charge in [-0.25, -0.2) is 0 Å². The quantitative estimate of drug-likeness (QED) is 0.914. The van der Waals surface area contributed by atoms with E-state index in [-0.39, 0.29) is 18.1 Å². The predicted molar refractivity (Wildman–Crippen MR) is 82.6 cm³/mol. The van der Waals surface area contributed by atoms with Crippen molar-refractivity contribution in [3.63, 3.8) is 0 Å². The van der Waals surface area contributed by atoms with Gasteiger partial charge in [0.15, 0.2) is 0 Å². The molecule has 4 nitrogen and oxygen atoms in total. The van der Waals surface area contributed by atoms with Crippen molar-refractivity contribution in [3.05, 3.63) is 34.3 Å². The maximum atomic E-state index is 11.4. The minimum absolute atomic E-state index is 0.0709. The molecule has 2 atom stereocenters. The lowest BCUT2D eigenvalue weighted by atomic mass is 10.0. The van der Waals surface area contributed by atoms with Crippen LogP contribution in [0.2, 0.25) is 0 Å².